The van der Waals surface area contributed by atoms with Crippen molar-refractivity contribution in [2.24, 2.45) is 4.99 Å². The molecule has 0 aliphatic carbocycles. The van der Waals surface area contributed by atoms with E-state index in [1.54, 1.807) is 21.1 Å². The lowest BCUT2D eigenvalue weighted by Crippen LogP contribution is -2.45. The third kappa shape index (κ3) is 6.71. The number of aliphatic imine (C=N–C) groups is 1. The summed E-state index contributed by atoms with van der Waals surface area (Å²) in [6.07, 6.45) is 0. The second-order valence-corrected chi connectivity index (χ2v) is 4.48. The molecule has 1 heterocycles. The van der Waals surface area contributed by atoms with Crippen molar-refractivity contribution in [3.63, 3.8) is 0 Å². The van der Waals surface area contributed by atoms with Gasteiger partial charge in [-0.1, -0.05) is 5.16 Å². The summed E-state index contributed by atoms with van der Waals surface area (Å²) in [5.74, 6) is 1.81. The van der Waals surface area contributed by atoms with Gasteiger partial charge in [0.15, 0.2) is 11.8 Å². The average molecular weight is 383 g/mol. The highest BCUT2D eigenvalue weighted by molar-refractivity contribution is 14.0. The van der Waals surface area contributed by atoms with Crippen LogP contribution in [0.5, 0.6) is 0 Å². The van der Waals surface area contributed by atoms with E-state index in [-0.39, 0.29) is 29.6 Å². The number of hydrogen-bond acceptors (Lipinski definition) is 5. The molecule has 0 radical (unpaired) electrons. The summed E-state index contributed by atoms with van der Waals surface area (Å²) in [7, 11) is 3.38. The van der Waals surface area contributed by atoms with E-state index in [0.29, 0.717) is 30.8 Å². The lowest BCUT2D eigenvalue weighted by atomic mass is 10.1. The van der Waals surface area contributed by atoms with E-state index < -0.39 is 0 Å². The maximum absolute atomic E-state index is 5.31. The fourth-order valence-electron chi connectivity index (χ4n) is 1.16. The monoisotopic (exact) mass is 383 g/mol. The van der Waals surface area contributed by atoms with E-state index in [9.17, 15) is 0 Å². The molecule has 8 heteroatoms. The minimum absolute atomic E-state index is 0. The molecular weight excluding hydrogens is 361 g/mol. The van der Waals surface area contributed by atoms with Crippen LogP contribution in [0.2, 0.25) is 0 Å². The molecule has 1 aromatic rings. The van der Waals surface area contributed by atoms with Gasteiger partial charge in [-0.2, -0.15) is 4.98 Å². The van der Waals surface area contributed by atoms with Crippen molar-refractivity contribution in [3.8, 4) is 0 Å². The van der Waals surface area contributed by atoms with Gasteiger partial charge in [0.25, 0.3) is 0 Å². The molecule has 0 aliphatic rings. The molecule has 0 atom stereocenters. The summed E-state index contributed by atoms with van der Waals surface area (Å²) >= 11 is 0. The van der Waals surface area contributed by atoms with Crippen molar-refractivity contribution in [3.05, 3.63) is 11.7 Å². The first-order chi connectivity index (χ1) is 8.46. The standard InChI is InChI=1S/C11H21N5O2.HI/c1-8-15-9(18-16-8)6-13-10(12-4)14-7-11(2,3)17-5;/h6-7H2,1-5H3,(H2,12,13,14);1H. The Bertz CT molecular complexity index is 406. The zero-order chi connectivity index (χ0) is 13.6. The second-order valence-electron chi connectivity index (χ2n) is 4.48. The van der Waals surface area contributed by atoms with Gasteiger partial charge in [0, 0.05) is 20.7 Å². The molecule has 1 aromatic heterocycles. The van der Waals surface area contributed by atoms with Crippen LogP contribution >= 0.6 is 24.0 Å². The summed E-state index contributed by atoms with van der Waals surface area (Å²) in [6, 6.07) is 0. The smallest absolute Gasteiger partial charge is 0.246 e. The molecule has 2 N–H and O–H groups in total. The highest BCUT2D eigenvalue weighted by atomic mass is 127. The van der Waals surface area contributed by atoms with Crippen LogP contribution < -0.4 is 10.6 Å². The number of rotatable bonds is 5. The van der Waals surface area contributed by atoms with Crippen molar-refractivity contribution in [1.82, 2.24) is 20.8 Å². The van der Waals surface area contributed by atoms with Gasteiger partial charge >= 0.3 is 0 Å². The number of aryl methyl sites for hydroxylation is 1. The second kappa shape index (κ2) is 8.31. The normalized spacial score (nSPS) is 11.9. The van der Waals surface area contributed by atoms with E-state index in [2.05, 4.69) is 25.8 Å². The number of ether oxygens (including phenoxy) is 1. The van der Waals surface area contributed by atoms with Crippen molar-refractivity contribution >= 4 is 29.9 Å². The Morgan fingerprint density at radius 3 is 2.58 bits per heavy atom. The molecule has 110 valence electrons. The summed E-state index contributed by atoms with van der Waals surface area (Å²) in [5.41, 5.74) is -0.251. The highest BCUT2D eigenvalue weighted by Gasteiger charge is 2.16. The third-order valence-corrected chi connectivity index (χ3v) is 2.43. The Morgan fingerprint density at radius 1 is 1.42 bits per heavy atom. The molecule has 19 heavy (non-hydrogen) atoms. The highest BCUT2D eigenvalue weighted by Crippen LogP contribution is 2.04. The van der Waals surface area contributed by atoms with Gasteiger partial charge in [0.2, 0.25) is 5.89 Å². The number of nitrogens with one attached hydrogen (secondary N) is 2. The van der Waals surface area contributed by atoms with Gasteiger partial charge in [-0.3, -0.25) is 4.99 Å². The Labute approximate surface area is 130 Å². The summed E-state index contributed by atoms with van der Waals surface area (Å²) in [5, 5.41) is 9.96. The molecule has 0 bridgehead atoms. The number of nitrogens with zero attached hydrogens (tertiary/aromatic N) is 3. The summed E-state index contributed by atoms with van der Waals surface area (Å²) in [4.78, 5) is 8.19. The predicted molar refractivity (Wildman–Crippen MR) is 83.7 cm³/mol. The first-order valence-electron chi connectivity index (χ1n) is 5.75. The van der Waals surface area contributed by atoms with Crippen molar-refractivity contribution < 1.29 is 9.26 Å². The van der Waals surface area contributed by atoms with E-state index in [0.717, 1.165) is 0 Å². The van der Waals surface area contributed by atoms with E-state index >= 15 is 0 Å². The van der Waals surface area contributed by atoms with Crippen molar-refractivity contribution in [2.45, 2.75) is 32.9 Å². The molecule has 0 saturated carbocycles. The van der Waals surface area contributed by atoms with Crippen LogP contribution in [0.25, 0.3) is 0 Å². The number of hydrogen-bond donors (Lipinski definition) is 2. The predicted octanol–water partition coefficient (Wildman–Crippen LogP) is 1.09. The van der Waals surface area contributed by atoms with Crippen LogP contribution in [0.1, 0.15) is 25.6 Å². The lowest BCUT2D eigenvalue weighted by molar-refractivity contribution is 0.0268. The number of guanidine groups is 1. The first kappa shape index (κ1) is 18.1. The number of methoxy groups -OCH3 is 1. The van der Waals surface area contributed by atoms with Crippen LogP contribution in [0.3, 0.4) is 0 Å². The van der Waals surface area contributed by atoms with Crippen molar-refractivity contribution in [1.29, 1.82) is 0 Å². The van der Waals surface area contributed by atoms with Gasteiger partial charge in [0.1, 0.15) is 0 Å². The first-order valence-corrected chi connectivity index (χ1v) is 5.75. The summed E-state index contributed by atoms with van der Waals surface area (Å²) in [6.45, 7) is 6.85. The average Bonchev–Trinajstić information content (AvgIpc) is 2.75. The zero-order valence-electron chi connectivity index (χ0n) is 12.0. The molecule has 0 saturated heterocycles. The van der Waals surface area contributed by atoms with E-state index in [1.807, 2.05) is 13.8 Å². The summed E-state index contributed by atoms with van der Waals surface area (Å²) < 4.78 is 10.3. The van der Waals surface area contributed by atoms with Gasteiger partial charge in [-0.25, -0.2) is 0 Å². The Balaban J connectivity index is 0.00000324. The molecule has 0 aliphatic heterocycles. The molecule has 0 spiro atoms. The minimum atomic E-state index is -0.251. The van der Waals surface area contributed by atoms with Gasteiger partial charge in [-0.15, -0.1) is 24.0 Å². The van der Waals surface area contributed by atoms with Gasteiger partial charge in [0.05, 0.1) is 12.1 Å². The molecule has 7 nitrogen and oxygen atoms in total. The maximum atomic E-state index is 5.31. The quantitative estimate of drug-likeness (QED) is 0.450. The van der Waals surface area contributed by atoms with Crippen LogP contribution in [0.15, 0.2) is 9.52 Å². The van der Waals surface area contributed by atoms with Crippen LogP contribution in [-0.2, 0) is 11.3 Å². The van der Waals surface area contributed by atoms with Gasteiger partial charge < -0.3 is 19.9 Å². The zero-order valence-corrected chi connectivity index (χ0v) is 14.3. The Hall–Kier alpha value is -0.900. The number of aromatic nitrogens is 2. The fraction of sp³-hybridized carbons (Fsp3) is 0.727. The molecule has 0 unspecified atom stereocenters. The topological polar surface area (TPSA) is 84.6 Å². The Kier molecular flexibility index (Phi) is 7.91. The molecule has 0 fully saturated rings. The molecular formula is C11H22IN5O2. The molecule has 0 amide bonds. The Morgan fingerprint density at radius 2 is 2.11 bits per heavy atom. The van der Waals surface area contributed by atoms with E-state index in [1.165, 1.54) is 0 Å². The maximum Gasteiger partial charge on any atom is 0.246 e. The fourth-order valence-corrected chi connectivity index (χ4v) is 1.16. The van der Waals surface area contributed by atoms with Crippen molar-refractivity contribution in [2.75, 3.05) is 20.7 Å². The lowest BCUT2D eigenvalue weighted by Gasteiger charge is -2.24. The van der Waals surface area contributed by atoms with Gasteiger partial charge in [-0.05, 0) is 20.8 Å². The molecule has 0 aromatic carbocycles. The van der Waals surface area contributed by atoms with E-state index in [4.69, 9.17) is 9.26 Å². The number of halogens is 1. The minimum Gasteiger partial charge on any atom is -0.377 e. The third-order valence-electron chi connectivity index (χ3n) is 2.43. The van der Waals surface area contributed by atoms with Crippen LogP contribution in [0.4, 0.5) is 0 Å². The largest absolute Gasteiger partial charge is 0.377 e. The molecule has 1 rings (SSSR count). The SMILES string of the molecule is CN=C(NCc1nc(C)no1)NCC(C)(C)OC.I. The van der Waals surface area contributed by atoms with Crippen LogP contribution in [0, 0.1) is 6.92 Å². The van der Waals surface area contributed by atoms with Crippen LogP contribution in [-0.4, -0.2) is 42.4 Å².